The summed E-state index contributed by atoms with van der Waals surface area (Å²) in [6.07, 6.45) is 0. The van der Waals surface area contributed by atoms with Gasteiger partial charge in [0.25, 0.3) is 0 Å². The number of rotatable bonds is 3. The van der Waals surface area contributed by atoms with Crippen LogP contribution in [0.2, 0.25) is 0 Å². The number of nitrogens with two attached hydrogens (primary N) is 1. The van der Waals surface area contributed by atoms with Gasteiger partial charge in [-0.3, -0.25) is 4.99 Å². The van der Waals surface area contributed by atoms with Crippen molar-refractivity contribution >= 4 is 5.96 Å². The highest BCUT2D eigenvalue weighted by molar-refractivity contribution is 5.77. The summed E-state index contributed by atoms with van der Waals surface area (Å²) in [5.41, 5.74) is 5.88. The second-order valence-electron chi connectivity index (χ2n) is 5.04. The van der Waals surface area contributed by atoms with E-state index in [1.54, 1.807) is 0 Å². The van der Waals surface area contributed by atoms with Gasteiger partial charge in [0.1, 0.15) is 0 Å². The number of nitrogens with one attached hydrogen (secondary N) is 1. The molecule has 0 radical (unpaired) electrons. The van der Waals surface area contributed by atoms with Gasteiger partial charge in [-0.2, -0.15) is 0 Å². The Morgan fingerprint density at radius 3 is 2.31 bits per heavy atom. The largest absolute Gasteiger partial charge is 0.370 e. The van der Waals surface area contributed by atoms with Crippen LogP contribution in [0.25, 0.3) is 0 Å². The van der Waals surface area contributed by atoms with E-state index in [9.17, 15) is 0 Å². The highest BCUT2D eigenvalue weighted by Gasteiger charge is 2.08. The third-order valence-electron chi connectivity index (χ3n) is 1.42. The van der Waals surface area contributed by atoms with Crippen molar-refractivity contribution in [3.63, 3.8) is 0 Å². The van der Waals surface area contributed by atoms with Gasteiger partial charge in [0.15, 0.2) is 5.96 Å². The normalized spacial score (nSPS) is 13.5. The molecular formula is C10H23N3. The monoisotopic (exact) mass is 185 g/mol. The van der Waals surface area contributed by atoms with Crippen LogP contribution < -0.4 is 11.1 Å². The molecule has 0 spiro atoms. The zero-order valence-corrected chi connectivity index (χ0v) is 9.52. The number of aliphatic imine (C=N–C) groups is 1. The molecule has 0 aromatic rings. The summed E-state index contributed by atoms with van der Waals surface area (Å²) in [7, 11) is 0. The summed E-state index contributed by atoms with van der Waals surface area (Å²) in [4.78, 5) is 4.25. The molecule has 0 aromatic heterocycles. The molecule has 0 aromatic carbocycles. The molecule has 3 N–H and O–H groups in total. The van der Waals surface area contributed by atoms with Gasteiger partial charge in [-0.25, -0.2) is 0 Å². The topological polar surface area (TPSA) is 50.4 Å². The van der Waals surface area contributed by atoms with Crippen molar-refractivity contribution in [2.45, 2.75) is 34.6 Å². The number of hydrogen-bond donors (Lipinski definition) is 2. The Morgan fingerprint density at radius 2 is 1.92 bits per heavy atom. The van der Waals surface area contributed by atoms with Crippen molar-refractivity contribution in [3.05, 3.63) is 0 Å². The van der Waals surface area contributed by atoms with Gasteiger partial charge in [0, 0.05) is 13.1 Å². The first-order chi connectivity index (χ1) is 5.81. The lowest BCUT2D eigenvalue weighted by molar-refractivity contribution is 0.428. The first-order valence-corrected chi connectivity index (χ1v) is 4.85. The Kier molecular flexibility index (Phi) is 4.81. The van der Waals surface area contributed by atoms with Gasteiger partial charge in [-0.05, 0) is 11.3 Å². The molecule has 0 atom stereocenters. The molecule has 0 aliphatic carbocycles. The van der Waals surface area contributed by atoms with Crippen LogP contribution in [0.3, 0.4) is 0 Å². The van der Waals surface area contributed by atoms with Crippen LogP contribution in [0.15, 0.2) is 4.99 Å². The minimum absolute atomic E-state index is 0.212. The summed E-state index contributed by atoms with van der Waals surface area (Å²) >= 11 is 0. The average molecular weight is 185 g/mol. The van der Waals surface area contributed by atoms with Gasteiger partial charge in [-0.1, -0.05) is 34.6 Å². The Hall–Kier alpha value is -0.730. The van der Waals surface area contributed by atoms with Crippen molar-refractivity contribution < 1.29 is 0 Å². The summed E-state index contributed by atoms with van der Waals surface area (Å²) in [5.74, 6) is 1.16. The average Bonchev–Trinajstić information content (AvgIpc) is 1.95. The van der Waals surface area contributed by atoms with Crippen LogP contribution in [0.5, 0.6) is 0 Å². The summed E-state index contributed by atoms with van der Waals surface area (Å²) in [6, 6.07) is 0. The molecule has 0 fully saturated rings. The summed E-state index contributed by atoms with van der Waals surface area (Å²) < 4.78 is 0. The first-order valence-electron chi connectivity index (χ1n) is 4.85. The molecule has 0 bridgehead atoms. The maximum absolute atomic E-state index is 5.67. The zero-order valence-electron chi connectivity index (χ0n) is 9.52. The molecule has 0 saturated heterocycles. The fourth-order valence-electron chi connectivity index (χ4n) is 0.687. The molecule has 0 rings (SSSR count). The van der Waals surface area contributed by atoms with Gasteiger partial charge < -0.3 is 11.1 Å². The highest BCUT2D eigenvalue weighted by atomic mass is 15.1. The Bertz CT molecular complexity index is 165. The fourth-order valence-corrected chi connectivity index (χ4v) is 0.687. The molecule has 13 heavy (non-hydrogen) atoms. The maximum Gasteiger partial charge on any atom is 0.188 e. The van der Waals surface area contributed by atoms with Crippen molar-refractivity contribution in [2.24, 2.45) is 22.1 Å². The van der Waals surface area contributed by atoms with Crippen LogP contribution in [-0.2, 0) is 0 Å². The van der Waals surface area contributed by atoms with Gasteiger partial charge in [0.2, 0.25) is 0 Å². The van der Waals surface area contributed by atoms with Crippen LogP contribution in [0, 0.1) is 11.3 Å². The third-order valence-corrected chi connectivity index (χ3v) is 1.42. The minimum atomic E-state index is 0.212. The van der Waals surface area contributed by atoms with Crippen molar-refractivity contribution in [1.29, 1.82) is 0 Å². The lowest BCUT2D eigenvalue weighted by atomic mass is 9.97. The molecule has 0 aliphatic rings. The lowest BCUT2D eigenvalue weighted by Gasteiger charge is -2.15. The molecule has 0 aliphatic heterocycles. The third kappa shape index (κ3) is 9.18. The number of guanidine groups is 1. The smallest absolute Gasteiger partial charge is 0.188 e. The van der Waals surface area contributed by atoms with Crippen molar-refractivity contribution in [2.75, 3.05) is 13.1 Å². The van der Waals surface area contributed by atoms with E-state index in [-0.39, 0.29) is 5.41 Å². The van der Waals surface area contributed by atoms with Crippen LogP contribution in [0.1, 0.15) is 34.6 Å². The standard InChI is InChI=1S/C10H23N3/c1-8(2)6-12-9(11)13-7-10(3,4)5/h8H,6-7H2,1-5H3,(H3,11,12,13). The van der Waals surface area contributed by atoms with Gasteiger partial charge in [0.05, 0.1) is 0 Å². The Morgan fingerprint density at radius 1 is 1.38 bits per heavy atom. The van der Waals surface area contributed by atoms with Crippen LogP contribution in [-0.4, -0.2) is 19.0 Å². The van der Waals surface area contributed by atoms with Crippen molar-refractivity contribution in [3.8, 4) is 0 Å². The SMILES string of the molecule is CC(C)CNC(N)=NCC(C)(C)C. The van der Waals surface area contributed by atoms with E-state index in [0.717, 1.165) is 13.1 Å². The second-order valence-corrected chi connectivity index (χ2v) is 5.04. The van der Waals surface area contributed by atoms with E-state index in [1.807, 2.05) is 0 Å². The predicted molar refractivity (Wildman–Crippen MR) is 58.8 cm³/mol. The Balaban J connectivity index is 3.76. The second kappa shape index (κ2) is 5.10. The molecule has 0 amide bonds. The molecule has 78 valence electrons. The lowest BCUT2D eigenvalue weighted by Crippen LogP contribution is -2.35. The number of hydrogen-bond acceptors (Lipinski definition) is 1. The van der Waals surface area contributed by atoms with E-state index in [4.69, 9.17) is 5.73 Å². The van der Waals surface area contributed by atoms with E-state index in [0.29, 0.717) is 11.9 Å². The van der Waals surface area contributed by atoms with Gasteiger partial charge in [-0.15, -0.1) is 0 Å². The van der Waals surface area contributed by atoms with Gasteiger partial charge >= 0.3 is 0 Å². The summed E-state index contributed by atoms with van der Waals surface area (Å²) in [6.45, 7) is 12.4. The zero-order chi connectivity index (χ0) is 10.5. The number of nitrogens with zero attached hydrogens (tertiary/aromatic N) is 1. The van der Waals surface area contributed by atoms with E-state index >= 15 is 0 Å². The molecule has 0 unspecified atom stereocenters. The van der Waals surface area contributed by atoms with Crippen LogP contribution >= 0.6 is 0 Å². The van der Waals surface area contributed by atoms with E-state index in [1.165, 1.54) is 0 Å². The quantitative estimate of drug-likeness (QED) is 0.518. The van der Waals surface area contributed by atoms with E-state index < -0.39 is 0 Å². The highest BCUT2D eigenvalue weighted by Crippen LogP contribution is 2.12. The molecule has 3 nitrogen and oxygen atoms in total. The molecule has 3 heteroatoms. The molecular weight excluding hydrogens is 162 g/mol. The van der Waals surface area contributed by atoms with Crippen molar-refractivity contribution in [1.82, 2.24) is 5.32 Å². The maximum atomic E-state index is 5.67. The summed E-state index contributed by atoms with van der Waals surface area (Å²) in [5, 5.41) is 3.08. The van der Waals surface area contributed by atoms with E-state index in [2.05, 4.69) is 44.9 Å². The molecule has 0 saturated carbocycles. The van der Waals surface area contributed by atoms with Crippen LogP contribution in [0.4, 0.5) is 0 Å². The fraction of sp³-hybridized carbons (Fsp3) is 0.900. The molecule has 0 heterocycles. The Labute approximate surface area is 81.8 Å². The first kappa shape index (κ1) is 12.3. The minimum Gasteiger partial charge on any atom is -0.370 e. The predicted octanol–water partition coefficient (Wildman–Crippen LogP) is 1.59.